The number of benzene rings is 2. The van der Waals surface area contributed by atoms with E-state index in [0.29, 0.717) is 50.0 Å². The van der Waals surface area contributed by atoms with E-state index in [1.807, 2.05) is 6.42 Å². The molecule has 2 aliphatic rings. The summed E-state index contributed by atoms with van der Waals surface area (Å²) in [7, 11) is 0. The predicted octanol–water partition coefficient (Wildman–Crippen LogP) is 5.57. The first-order valence-corrected chi connectivity index (χ1v) is 14.6. The van der Waals surface area contributed by atoms with Gasteiger partial charge in [0.2, 0.25) is 0 Å². The summed E-state index contributed by atoms with van der Waals surface area (Å²) in [6.45, 7) is 6.58. The number of nitrogens with one attached hydrogen (secondary N) is 1. The first kappa shape index (κ1) is 32.4. The number of nitrogens with zero attached hydrogens (tertiary/aromatic N) is 2. The van der Waals surface area contributed by atoms with Crippen molar-refractivity contribution in [2.75, 3.05) is 32.7 Å². The van der Waals surface area contributed by atoms with Crippen molar-refractivity contribution in [2.45, 2.75) is 76.4 Å². The summed E-state index contributed by atoms with van der Waals surface area (Å²) in [5, 5.41) is 23.7. The molecule has 2 fully saturated rings. The molecule has 3 N–H and O–H groups in total. The number of carbonyl (C=O) groups is 1. The van der Waals surface area contributed by atoms with Crippen molar-refractivity contribution in [3.05, 3.63) is 71.4 Å². The number of phenolic OH excluding ortho intramolecular Hbond substituents is 1. The number of halogens is 4. The van der Waals surface area contributed by atoms with E-state index in [-0.39, 0.29) is 48.9 Å². The molecule has 0 bridgehead atoms. The van der Waals surface area contributed by atoms with Crippen molar-refractivity contribution in [1.29, 1.82) is 0 Å². The topological polar surface area (TPSA) is 76.0 Å². The van der Waals surface area contributed by atoms with E-state index >= 15 is 0 Å². The van der Waals surface area contributed by atoms with Gasteiger partial charge in [0.05, 0.1) is 11.3 Å². The molecule has 1 unspecified atom stereocenters. The molecule has 0 amide bonds. The normalized spacial score (nSPS) is 22.3. The van der Waals surface area contributed by atoms with Crippen LogP contribution in [0.3, 0.4) is 0 Å². The van der Waals surface area contributed by atoms with Gasteiger partial charge in [-0.15, -0.1) is 0 Å². The highest BCUT2D eigenvalue weighted by atomic mass is 19.4. The molecule has 0 aromatic heterocycles. The largest absolute Gasteiger partial charge is 0.508 e. The highest BCUT2D eigenvalue weighted by Gasteiger charge is 2.54. The van der Waals surface area contributed by atoms with E-state index in [2.05, 4.69) is 10.2 Å². The van der Waals surface area contributed by atoms with E-state index in [1.54, 1.807) is 39.0 Å². The first-order valence-electron chi connectivity index (χ1n) is 14.6. The highest BCUT2D eigenvalue weighted by molar-refractivity contribution is 5.98. The number of alkyl halides is 3. The van der Waals surface area contributed by atoms with Crippen LogP contribution in [0.4, 0.5) is 17.6 Å². The SMILES string of the molecule is Cc1c(F)cccc1[C@](CCCN1C[CH]CC(C(=O)c2cccc(O)c2)C1)(NCC(C)(C)O)N1CCC[C@H]1C(F)(F)F. The number of hydrogen-bond acceptors (Lipinski definition) is 6. The molecule has 1 radical (unpaired) electrons. The smallest absolute Gasteiger partial charge is 0.404 e. The zero-order valence-corrected chi connectivity index (χ0v) is 24.6. The number of ketones is 1. The van der Waals surface area contributed by atoms with Gasteiger partial charge in [-0.2, -0.15) is 13.2 Å². The lowest BCUT2D eigenvalue weighted by Crippen LogP contribution is -2.63. The number of phenols is 1. The molecular weight excluding hydrogens is 550 g/mol. The van der Waals surface area contributed by atoms with Crippen LogP contribution in [0.1, 0.15) is 67.4 Å². The number of hydrogen-bond donors (Lipinski definition) is 3. The quantitative estimate of drug-likeness (QED) is 0.234. The minimum absolute atomic E-state index is 0.00200. The third-order valence-corrected chi connectivity index (χ3v) is 8.48. The Labute approximate surface area is 245 Å². The molecule has 2 heterocycles. The van der Waals surface area contributed by atoms with Crippen molar-refractivity contribution in [3.8, 4) is 5.75 Å². The summed E-state index contributed by atoms with van der Waals surface area (Å²) in [6.07, 6.45) is -0.829. The van der Waals surface area contributed by atoms with Crippen LogP contribution in [-0.4, -0.2) is 76.3 Å². The number of rotatable bonds is 11. The lowest BCUT2D eigenvalue weighted by molar-refractivity contribution is -0.196. The maximum atomic E-state index is 14.9. The molecule has 0 aliphatic carbocycles. The molecule has 2 saturated heterocycles. The summed E-state index contributed by atoms with van der Waals surface area (Å²) >= 11 is 0. The lowest BCUT2D eigenvalue weighted by Gasteiger charge is -2.48. The van der Waals surface area contributed by atoms with Crippen molar-refractivity contribution in [2.24, 2.45) is 5.92 Å². The van der Waals surface area contributed by atoms with Gasteiger partial charge < -0.3 is 15.1 Å². The molecule has 4 rings (SSSR count). The van der Waals surface area contributed by atoms with Gasteiger partial charge in [0.1, 0.15) is 17.6 Å². The first-order chi connectivity index (χ1) is 19.7. The Kier molecular flexibility index (Phi) is 10.0. The maximum absolute atomic E-state index is 14.9. The molecule has 3 atom stereocenters. The van der Waals surface area contributed by atoms with Crippen molar-refractivity contribution < 1.29 is 32.6 Å². The molecule has 0 saturated carbocycles. The summed E-state index contributed by atoms with van der Waals surface area (Å²) in [5.41, 5.74) is -1.44. The molecule has 2 aliphatic heterocycles. The predicted molar refractivity (Wildman–Crippen MR) is 153 cm³/mol. The summed E-state index contributed by atoms with van der Waals surface area (Å²) < 4.78 is 58.0. The van der Waals surface area contributed by atoms with Crippen LogP contribution in [-0.2, 0) is 5.66 Å². The Morgan fingerprint density at radius 2 is 1.88 bits per heavy atom. The van der Waals surface area contributed by atoms with Crippen LogP contribution in [0.15, 0.2) is 42.5 Å². The van der Waals surface area contributed by atoms with Crippen LogP contribution < -0.4 is 5.32 Å². The monoisotopic (exact) mass is 592 g/mol. The summed E-state index contributed by atoms with van der Waals surface area (Å²) in [5.74, 6) is -0.825. The Balaban J connectivity index is 1.60. The second kappa shape index (κ2) is 13.0. The third kappa shape index (κ3) is 7.51. The van der Waals surface area contributed by atoms with Crippen molar-refractivity contribution in [1.82, 2.24) is 15.1 Å². The Hall–Kier alpha value is -2.53. The lowest BCUT2D eigenvalue weighted by atomic mass is 9.86. The van der Waals surface area contributed by atoms with E-state index in [9.17, 15) is 32.6 Å². The standard InChI is InChI=1S/C32H42F4N3O3/c1-22-26(12-5-13-27(22)33)31(37-21-30(2,3)42,39-18-7-14-28(39)32(34,35)36)15-8-17-38-16-6-10-24(20-38)29(41)23-9-4-11-25(40)19-23/h4-6,9,11-13,19,24,28,37,40,42H,7-8,10,14-18,20-21H2,1-3H3/t24?,28-,31+/m0/s1. The van der Waals surface area contributed by atoms with Gasteiger partial charge in [0.25, 0.3) is 0 Å². The molecule has 6 nitrogen and oxygen atoms in total. The Morgan fingerprint density at radius 1 is 1.14 bits per heavy atom. The Morgan fingerprint density at radius 3 is 2.57 bits per heavy atom. The van der Waals surface area contributed by atoms with Crippen LogP contribution in [0, 0.1) is 25.1 Å². The molecule has 10 heteroatoms. The number of aromatic hydroxyl groups is 1. The molecule has 0 spiro atoms. The minimum atomic E-state index is -4.47. The highest BCUT2D eigenvalue weighted by Crippen LogP contribution is 2.44. The number of piperidine rings is 1. The maximum Gasteiger partial charge on any atom is 0.404 e. The average Bonchev–Trinajstić information content (AvgIpc) is 3.43. The second-order valence-electron chi connectivity index (χ2n) is 12.3. The van der Waals surface area contributed by atoms with Crippen molar-refractivity contribution in [3.63, 3.8) is 0 Å². The molecule has 2 aromatic rings. The fourth-order valence-electron chi connectivity index (χ4n) is 6.45. The van der Waals surface area contributed by atoms with Crippen LogP contribution in [0.2, 0.25) is 0 Å². The van der Waals surface area contributed by atoms with Gasteiger partial charge in [0.15, 0.2) is 5.78 Å². The van der Waals surface area contributed by atoms with Crippen LogP contribution >= 0.6 is 0 Å². The molecule has 2 aromatic carbocycles. The number of aliphatic hydroxyl groups is 1. The second-order valence-corrected chi connectivity index (χ2v) is 12.3. The van der Waals surface area contributed by atoms with Gasteiger partial charge in [-0.25, -0.2) is 4.39 Å². The number of likely N-dealkylation sites (tertiary alicyclic amines) is 2. The number of Topliss-reactive ketones (excluding diaryl/α,β-unsaturated/α-hetero) is 1. The number of carbonyl (C=O) groups excluding carboxylic acids is 1. The van der Waals surface area contributed by atoms with Crippen LogP contribution in [0.5, 0.6) is 5.75 Å². The van der Waals surface area contributed by atoms with Crippen LogP contribution in [0.25, 0.3) is 0 Å². The van der Waals surface area contributed by atoms with Gasteiger partial charge in [-0.05, 0) is 95.2 Å². The van der Waals surface area contributed by atoms with E-state index < -0.39 is 29.3 Å². The summed E-state index contributed by atoms with van der Waals surface area (Å²) in [6, 6.07) is 9.08. The molecular formula is C32H42F4N3O3. The Bertz CT molecular complexity index is 1230. The van der Waals surface area contributed by atoms with Gasteiger partial charge in [-0.1, -0.05) is 24.3 Å². The van der Waals surface area contributed by atoms with E-state index in [4.69, 9.17) is 0 Å². The zero-order valence-electron chi connectivity index (χ0n) is 24.6. The molecule has 42 heavy (non-hydrogen) atoms. The summed E-state index contributed by atoms with van der Waals surface area (Å²) in [4.78, 5) is 16.7. The van der Waals surface area contributed by atoms with Crippen molar-refractivity contribution >= 4 is 5.78 Å². The van der Waals surface area contributed by atoms with Gasteiger partial charge in [0, 0.05) is 37.7 Å². The van der Waals surface area contributed by atoms with Gasteiger partial charge in [-0.3, -0.25) is 15.0 Å². The van der Waals surface area contributed by atoms with E-state index in [0.717, 1.165) is 0 Å². The minimum Gasteiger partial charge on any atom is -0.508 e. The molecule has 231 valence electrons. The fourth-order valence-corrected chi connectivity index (χ4v) is 6.45. The third-order valence-electron chi connectivity index (χ3n) is 8.48. The van der Waals surface area contributed by atoms with E-state index in [1.165, 1.54) is 29.2 Å². The fraction of sp³-hybridized carbons (Fsp3) is 0.562. The van der Waals surface area contributed by atoms with Gasteiger partial charge >= 0.3 is 6.18 Å². The zero-order chi connectivity index (χ0) is 30.7. The average molecular weight is 593 g/mol.